The SMILES string of the molecule is O=C(O)CC1CCN(Cc2noc(-c3cccs3)n2)C1. The second kappa shape index (κ2) is 5.72. The minimum absolute atomic E-state index is 0.233. The first-order chi connectivity index (χ1) is 9.70. The molecule has 0 bridgehead atoms. The molecule has 1 fully saturated rings. The lowest BCUT2D eigenvalue weighted by Crippen LogP contribution is -2.21. The molecule has 0 aliphatic carbocycles. The molecule has 1 atom stereocenters. The van der Waals surface area contributed by atoms with Crippen molar-refractivity contribution in [2.45, 2.75) is 19.4 Å². The molecule has 3 rings (SSSR count). The number of carbonyl (C=O) groups is 1. The topological polar surface area (TPSA) is 79.5 Å². The van der Waals surface area contributed by atoms with E-state index in [0.29, 0.717) is 18.3 Å². The number of thiophene rings is 1. The molecule has 0 saturated carbocycles. The Bertz CT molecular complexity index is 581. The Kier molecular flexibility index (Phi) is 3.79. The normalized spacial score (nSPS) is 19.5. The van der Waals surface area contributed by atoms with Crippen LogP contribution in [0.15, 0.2) is 22.0 Å². The van der Waals surface area contributed by atoms with Gasteiger partial charge < -0.3 is 9.63 Å². The van der Waals surface area contributed by atoms with Crippen molar-refractivity contribution in [1.82, 2.24) is 15.0 Å². The highest BCUT2D eigenvalue weighted by Gasteiger charge is 2.25. The summed E-state index contributed by atoms with van der Waals surface area (Å²) in [7, 11) is 0. The number of likely N-dealkylation sites (tertiary alicyclic amines) is 1. The predicted octanol–water partition coefficient (Wildman–Crippen LogP) is 2.09. The molecule has 0 amide bonds. The van der Waals surface area contributed by atoms with Gasteiger partial charge in [-0.15, -0.1) is 11.3 Å². The molecule has 1 saturated heterocycles. The van der Waals surface area contributed by atoms with Crippen molar-refractivity contribution in [3.05, 3.63) is 23.3 Å². The van der Waals surface area contributed by atoms with Crippen molar-refractivity contribution >= 4 is 17.3 Å². The third kappa shape index (κ3) is 3.05. The van der Waals surface area contributed by atoms with Crippen LogP contribution in [0.5, 0.6) is 0 Å². The zero-order chi connectivity index (χ0) is 13.9. The molecule has 106 valence electrons. The third-order valence-corrected chi connectivity index (χ3v) is 4.26. The van der Waals surface area contributed by atoms with Crippen LogP contribution >= 0.6 is 11.3 Å². The van der Waals surface area contributed by atoms with E-state index in [9.17, 15) is 4.79 Å². The van der Waals surface area contributed by atoms with Crippen molar-refractivity contribution < 1.29 is 14.4 Å². The fraction of sp³-hybridized carbons (Fsp3) is 0.462. The molecule has 1 N–H and O–H groups in total. The highest BCUT2D eigenvalue weighted by molar-refractivity contribution is 7.13. The van der Waals surface area contributed by atoms with Crippen molar-refractivity contribution in [3.8, 4) is 10.8 Å². The van der Waals surface area contributed by atoms with E-state index in [1.165, 1.54) is 0 Å². The zero-order valence-electron chi connectivity index (χ0n) is 10.9. The summed E-state index contributed by atoms with van der Waals surface area (Å²) in [5.41, 5.74) is 0. The van der Waals surface area contributed by atoms with Gasteiger partial charge in [0.2, 0.25) is 0 Å². The maximum absolute atomic E-state index is 10.7. The van der Waals surface area contributed by atoms with E-state index >= 15 is 0 Å². The zero-order valence-corrected chi connectivity index (χ0v) is 11.7. The van der Waals surface area contributed by atoms with Crippen molar-refractivity contribution in [1.29, 1.82) is 0 Å². The fourth-order valence-electron chi connectivity index (χ4n) is 2.49. The number of nitrogens with zero attached hydrogens (tertiary/aromatic N) is 3. The highest BCUT2D eigenvalue weighted by atomic mass is 32.1. The number of rotatable bonds is 5. The summed E-state index contributed by atoms with van der Waals surface area (Å²) in [5.74, 6) is 0.716. The number of aliphatic carboxylic acids is 1. The number of carboxylic acids is 1. The van der Waals surface area contributed by atoms with Gasteiger partial charge in [-0.05, 0) is 30.3 Å². The standard InChI is InChI=1S/C13H15N3O3S/c17-12(18)6-9-3-4-16(7-9)8-11-14-13(19-15-11)10-2-1-5-20-10/h1-2,5,9H,3-4,6-8H2,(H,17,18). The molecule has 7 heteroatoms. The maximum Gasteiger partial charge on any atom is 0.303 e. The van der Waals surface area contributed by atoms with Crippen molar-refractivity contribution in [2.24, 2.45) is 5.92 Å². The molecule has 0 aromatic carbocycles. The molecule has 0 spiro atoms. The van der Waals surface area contributed by atoms with E-state index in [0.717, 1.165) is 24.4 Å². The van der Waals surface area contributed by atoms with E-state index in [-0.39, 0.29) is 12.3 Å². The van der Waals surface area contributed by atoms with Crippen LogP contribution in [-0.4, -0.2) is 39.2 Å². The molecule has 3 heterocycles. The second-order valence-corrected chi connectivity index (χ2v) is 5.93. The smallest absolute Gasteiger partial charge is 0.303 e. The van der Waals surface area contributed by atoms with Gasteiger partial charge in [0.1, 0.15) is 0 Å². The summed E-state index contributed by atoms with van der Waals surface area (Å²) in [4.78, 5) is 18.2. The molecule has 1 unspecified atom stereocenters. The van der Waals surface area contributed by atoms with Gasteiger partial charge in [-0.3, -0.25) is 9.69 Å². The summed E-state index contributed by atoms with van der Waals surface area (Å²) in [6.45, 7) is 2.29. The van der Waals surface area contributed by atoms with Gasteiger partial charge in [0, 0.05) is 13.0 Å². The molecule has 20 heavy (non-hydrogen) atoms. The summed E-state index contributed by atoms with van der Waals surface area (Å²) in [6.07, 6.45) is 1.16. The van der Waals surface area contributed by atoms with E-state index in [1.54, 1.807) is 11.3 Å². The van der Waals surface area contributed by atoms with E-state index < -0.39 is 5.97 Å². The Morgan fingerprint density at radius 1 is 1.60 bits per heavy atom. The summed E-state index contributed by atoms with van der Waals surface area (Å²) >= 11 is 1.56. The van der Waals surface area contributed by atoms with Crippen LogP contribution in [0, 0.1) is 5.92 Å². The lowest BCUT2D eigenvalue weighted by atomic mass is 10.1. The van der Waals surface area contributed by atoms with Crippen LogP contribution in [0.2, 0.25) is 0 Å². The van der Waals surface area contributed by atoms with Crippen LogP contribution in [0.25, 0.3) is 10.8 Å². The average Bonchev–Trinajstić information content (AvgIpc) is 3.09. The van der Waals surface area contributed by atoms with Crippen LogP contribution in [0.1, 0.15) is 18.7 Å². The molecule has 6 nitrogen and oxygen atoms in total. The lowest BCUT2D eigenvalue weighted by Gasteiger charge is -2.12. The number of hydrogen-bond donors (Lipinski definition) is 1. The minimum atomic E-state index is -0.726. The summed E-state index contributed by atoms with van der Waals surface area (Å²) in [6, 6.07) is 3.89. The molecule has 0 radical (unpaired) electrons. The van der Waals surface area contributed by atoms with Gasteiger partial charge in [-0.1, -0.05) is 11.2 Å². The van der Waals surface area contributed by atoms with Gasteiger partial charge in [-0.2, -0.15) is 4.98 Å². The maximum atomic E-state index is 10.7. The Morgan fingerprint density at radius 3 is 3.25 bits per heavy atom. The molecule has 2 aromatic heterocycles. The van der Waals surface area contributed by atoms with E-state index in [4.69, 9.17) is 9.63 Å². The number of hydrogen-bond acceptors (Lipinski definition) is 6. The monoisotopic (exact) mass is 293 g/mol. The van der Waals surface area contributed by atoms with Crippen molar-refractivity contribution in [3.63, 3.8) is 0 Å². The van der Waals surface area contributed by atoms with Crippen LogP contribution in [-0.2, 0) is 11.3 Å². The third-order valence-electron chi connectivity index (χ3n) is 3.40. The highest BCUT2D eigenvalue weighted by Crippen LogP contribution is 2.24. The first kappa shape index (κ1) is 13.3. The van der Waals surface area contributed by atoms with Gasteiger partial charge >= 0.3 is 5.97 Å². The largest absolute Gasteiger partial charge is 0.481 e. The first-order valence-electron chi connectivity index (χ1n) is 6.51. The average molecular weight is 293 g/mol. The summed E-state index contributed by atoms with van der Waals surface area (Å²) < 4.78 is 5.24. The Labute approximate surface area is 120 Å². The lowest BCUT2D eigenvalue weighted by molar-refractivity contribution is -0.138. The Hall–Kier alpha value is -1.73. The molecule has 1 aliphatic heterocycles. The minimum Gasteiger partial charge on any atom is -0.481 e. The predicted molar refractivity (Wildman–Crippen MR) is 73.2 cm³/mol. The van der Waals surface area contributed by atoms with E-state index in [2.05, 4.69) is 15.0 Å². The van der Waals surface area contributed by atoms with Crippen LogP contribution in [0.4, 0.5) is 0 Å². The fourth-order valence-corrected chi connectivity index (χ4v) is 3.13. The number of aromatic nitrogens is 2. The molecule has 2 aromatic rings. The summed E-state index contributed by atoms with van der Waals surface area (Å²) in [5, 5.41) is 14.8. The molecular formula is C13H15N3O3S. The Balaban J connectivity index is 1.58. The second-order valence-electron chi connectivity index (χ2n) is 4.98. The number of carboxylic acid groups (broad SMARTS) is 1. The van der Waals surface area contributed by atoms with Gasteiger partial charge in [0.05, 0.1) is 11.4 Å². The Morgan fingerprint density at radius 2 is 2.50 bits per heavy atom. The van der Waals surface area contributed by atoms with Crippen molar-refractivity contribution in [2.75, 3.05) is 13.1 Å². The quantitative estimate of drug-likeness (QED) is 0.909. The van der Waals surface area contributed by atoms with Crippen LogP contribution in [0.3, 0.4) is 0 Å². The molecule has 1 aliphatic rings. The molecular weight excluding hydrogens is 278 g/mol. The van der Waals surface area contributed by atoms with Gasteiger partial charge in [0.25, 0.3) is 5.89 Å². The van der Waals surface area contributed by atoms with Crippen LogP contribution < -0.4 is 0 Å². The van der Waals surface area contributed by atoms with Gasteiger partial charge in [-0.25, -0.2) is 0 Å². The first-order valence-corrected chi connectivity index (χ1v) is 7.39. The van der Waals surface area contributed by atoms with E-state index in [1.807, 2.05) is 17.5 Å². The van der Waals surface area contributed by atoms with Gasteiger partial charge in [0.15, 0.2) is 5.82 Å².